The zero-order valence-corrected chi connectivity index (χ0v) is 15.3. The van der Waals surface area contributed by atoms with E-state index in [0.717, 1.165) is 11.1 Å². The van der Waals surface area contributed by atoms with Crippen molar-refractivity contribution in [2.75, 3.05) is 12.4 Å². The normalized spacial score (nSPS) is 18.5. The Balaban J connectivity index is 1.78. The van der Waals surface area contributed by atoms with Crippen LogP contribution in [-0.2, 0) is 0 Å². The van der Waals surface area contributed by atoms with Gasteiger partial charge < -0.3 is 14.8 Å². The molecule has 7 nitrogen and oxygen atoms in total. The maximum Gasteiger partial charge on any atom is 0.387 e. The Morgan fingerprint density at radius 2 is 1.96 bits per heavy atom. The van der Waals surface area contributed by atoms with Gasteiger partial charge in [-0.1, -0.05) is 47.1 Å². The first kappa shape index (κ1) is 18.1. The van der Waals surface area contributed by atoms with Crippen LogP contribution >= 0.6 is 0 Å². The number of hydrogen-bond donors (Lipinski definition) is 1. The fourth-order valence-corrected chi connectivity index (χ4v) is 3.48. The Morgan fingerprint density at radius 1 is 1.18 bits per heavy atom. The summed E-state index contributed by atoms with van der Waals surface area (Å²) in [5.74, 6) is 0.696. The largest absolute Gasteiger partial charge is 0.493 e. The minimum atomic E-state index is -2.97. The number of ether oxygens (including phenoxy) is 2. The maximum atomic E-state index is 13.1. The molecule has 2 heterocycles. The van der Waals surface area contributed by atoms with Crippen LogP contribution in [0.3, 0.4) is 0 Å². The molecule has 146 valence electrons. The van der Waals surface area contributed by atoms with Crippen LogP contribution in [0.4, 0.5) is 14.7 Å². The predicted octanol–water partition coefficient (Wildman–Crippen LogP) is 3.74. The third kappa shape index (κ3) is 3.35. The van der Waals surface area contributed by atoms with Gasteiger partial charge in [-0.3, -0.25) is 0 Å². The van der Waals surface area contributed by atoms with Crippen molar-refractivity contribution in [1.29, 1.82) is 0 Å². The molecule has 1 aromatic heterocycles. The number of benzene rings is 2. The van der Waals surface area contributed by atoms with Crippen LogP contribution in [0.5, 0.6) is 11.5 Å². The molecule has 9 heteroatoms. The Kier molecular flexibility index (Phi) is 4.81. The number of tetrazole rings is 1. The zero-order valence-electron chi connectivity index (χ0n) is 15.3. The molecule has 3 aromatic rings. The average Bonchev–Trinajstić information content (AvgIpc) is 3.16. The van der Waals surface area contributed by atoms with Crippen molar-refractivity contribution in [3.63, 3.8) is 0 Å². The first-order valence-electron chi connectivity index (χ1n) is 8.79. The molecule has 0 amide bonds. The van der Waals surface area contributed by atoms with Gasteiger partial charge >= 0.3 is 6.61 Å². The topological polar surface area (TPSA) is 74.1 Å². The molecule has 0 bridgehead atoms. The van der Waals surface area contributed by atoms with Crippen molar-refractivity contribution in [3.05, 3.63) is 59.2 Å². The lowest BCUT2D eigenvalue weighted by Crippen LogP contribution is -2.28. The molecule has 0 aliphatic carbocycles. The second kappa shape index (κ2) is 7.41. The molecule has 1 aliphatic rings. The van der Waals surface area contributed by atoms with E-state index in [2.05, 4.69) is 20.8 Å². The van der Waals surface area contributed by atoms with Crippen LogP contribution in [0.1, 0.15) is 35.2 Å². The van der Waals surface area contributed by atoms with Gasteiger partial charge in [0.1, 0.15) is 0 Å². The summed E-state index contributed by atoms with van der Waals surface area (Å²) in [6.45, 7) is -0.955. The molecular formula is C19H19F2N5O2. The number of methoxy groups -OCH3 is 1. The van der Waals surface area contributed by atoms with Gasteiger partial charge in [0, 0.05) is 5.56 Å². The fraction of sp³-hybridized carbons (Fsp3) is 0.316. The zero-order chi connectivity index (χ0) is 19.7. The molecule has 2 aromatic carbocycles. The highest BCUT2D eigenvalue weighted by atomic mass is 19.3. The van der Waals surface area contributed by atoms with Crippen molar-refractivity contribution in [2.24, 2.45) is 0 Å². The lowest BCUT2D eigenvalue weighted by atomic mass is 9.92. The standard InChI is InChI=1S/C19H19F2N5O2/c1-11-6-8-12(9-7-11)14-10-15(26-19(22-14)23-24-25-26)13-4-3-5-16(27-2)17(13)28-18(20)21/h3-9,14-15,18H,10H2,1-2H3,(H,22,23,25)/t14-,15+/m0/s1. The number of anilines is 1. The summed E-state index contributed by atoms with van der Waals surface area (Å²) in [6.07, 6.45) is 0.549. The Bertz CT molecular complexity index is 961. The smallest absolute Gasteiger partial charge is 0.387 e. The Labute approximate surface area is 160 Å². The highest BCUT2D eigenvalue weighted by Gasteiger charge is 2.33. The maximum absolute atomic E-state index is 13.1. The quantitative estimate of drug-likeness (QED) is 0.719. The Hall–Kier alpha value is -3.23. The van der Waals surface area contributed by atoms with Crippen molar-refractivity contribution >= 4 is 5.95 Å². The minimum Gasteiger partial charge on any atom is -0.493 e. The molecule has 0 unspecified atom stereocenters. The number of nitrogens with one attached hydrogen (secondary N) is 1. The molecule has 0 radical (unpaired) electrons. The van der Waals surface area contributed by atoms with Crippen LogP contribution in [0.25, 0.3) is 0 Å². The molecule has 1 aliphatic heterocycles. The molecule has 0 saturated carbocycles. The third-order valence-corrected chi connectivity index (χ3v) is 4.83. The van der Waals surface area contributed by atoms with Gasteiger partial charge in [-0.2, -0.15) is 8.78 Å². The van der Waals surface area contributed by atoms with E-state index in [1.165, 1.54) is 7.11 Å². The molecule has 28 heavy (non-hydrogen) atoms. The van der Waals surface area contributed by atoms with E-state index in [-0.39, 0.29) is 17.5 Å². The number of halogens is 2. The first-order valence-corrected chi connectivity index (χ1v) is 8.79. The third-order valence-electron chi connectivity index (χ3n) is 4.83. The number of alkyl halides is 2. The summed E-state index contributed by atoms with van der Waals surface area (Å²) in [7, 11) is 1.41. The molecule has 2 atom stereocenters. The molecule has 0 saturated heterocycles. The fourth-order valence-electron chi connectivity index (χ4n) is 3.48. The van der Waals surface area contributed by atoms with Gasteiger partial charge in [0.15, 0.2) is 11.5 Å². The van der Waals surface area contributed by atoms with Gasteiger partial charge in [-0.15, -0.1) is 0 Å². The van der Waals surface area contributed by atoms with Crippen molar-refractivity contribution in [3.8, 4) is 11.5 Å². The highest BCUT2D eigenvalue weighted by Crippen LogP contribution is 2.43. The number of fused-ring (bicyclic) bond motifs is 1. The summed E-state index contributed by atoms with van der Waals surface area (Å²) in [4.78, 5) is 0. The number of para-hydroxylation sites is 1. The van der Waals surface area contributed by atoms with Crippen LogP contribution in [0.15, 0.2) is 42.5 Å². The summed E-state index contributed by atoms with van der Waals surface area (Å²) in [6, 6.07) is 12.7. The van der Waals surface area contributed by atoms with E-state index in [1.807, 2.05) is 31.2 Å². The van der Waals surface area contributed by atoms with E-state index < -0.39 is 12.7 Å². The highest BCUT2D eigenvalue weighted by molar-refractivity contribution is 5.50. The van der Waals surface area contributed by atoms with E-state index >= 15 is 0 Å². The van der Waals surface area contributed by atoms with E-state index in [4.69, 9.17) is 9.47 Å². The van der Waals surface area contributed by atoms with Gasteiger partial charge in [0.05, 0.1) is 19.2 Å². The minimum absolute atomic E-state index is 0.00370. The summed E-state index contributed by atoms with van der Waals surface area (Å²) in [5, 5.41) is 15.1. The second-order valence-electron chi connectivity index (χ2n) is 6.56. The predicted molar refractivity (Wildman–Crippen MR) is 97.7 cm³/mol. The van der Waals surface area contributed by atoms with Crippen molar-refractivity contribution < 1.29 is 18.3 Å². The van der Waals surface area contributed by atoms with Crippen molar-refractivity contribution in [1.82, 2.24) is 20.2 Å². The van der Waals surface area contributed by atoms with Crippen LogP contribution < -0.4 is 14.8 Å². The molecular weight excluding hydrogens is 368 g/mol. The second-order valence-corrected chi connectivity index (χ2v) is 6.56. The monoisotopic (exact) mass is 387 g/mol. The summed E-state index contributed by atoms with van der Waals surface area (Å²) < 4.78 is 37.8. The van der Waals surface area contributed by atoms with E-state index in [1.54, 1.807) is 22.9 Å². The van der Waals surface area contributed by atoms with Crippen LogP contribution in [0, 0.1) is 6.92 Å². The number of aromatic nitrogens is 4. The molecule has 0 spiro atoms. The summed E-state index contributed by atoms with van der Waals surface area (Å²) >= 11 is 0. The van der Waals surface area contributed by atoms with Gasteiger partial charge in [0.25, 0.3) is 0 Å². The lowest BCUT2D eigenvalue weighted by Gasteiger charge is -2.32. The van der Waals surface area contributed by atoms with Gasteiger partial charge in [0.2, 0.25) is 5.95 Å². The molecule has 4 rings (SSSR count). The van der Waals surface area contributed by atoms with Crippen molar-refractivity contribution in [2.45, 2.75) is 32.0 Å². The SMILES string of the molecule is COc1cccc([C@H]2C[C@@H](c3ccc(C)cc3)Nc3nnnn32)c1OC(F)F. The first-order chi connectivity index (χ1) is 13.6. The molecule has 1 N–H and O–H groups in total. The van der Waals surface area contributed by atoms with Crippen LogP contribution in [-0.4, -0.2) is 33.9 Å². The Morgan fingerprint density at radius 3 is 2.68 bits per heavy atom. The van der Waals surface area contributed by atoms with Crippen LogP contribution in [0.2, 0.25) is 0 Å². The van der Waals surface area contributed by atoms with E-state index in [9.17, 15) is 8.78 Å². The number of nitrogens with zero attached hydrogens (tertiary/aromatic N) is 4. The van der Waals surface area contributed by atoms with E-state index in [0.29, 0.717) is 17.9 Å². The molecule has 0 fully saturated rings. The average molecular weight is 387 g/mol. The summed E-state index contributed by atoms with van der Waals surface area (Å²) in [5.41, 5.74) is 2.75. The lowest BCUT2D eigenvalue weighted by molar-refractivity contribution is -0.0521. The number of hydrogen-bond acceptors (Lipinski definition) is 6. The number of rotatable bonds is 5. The number of aryl methyl sites for hydroxylation is 1. The van der Waals surface area contributed by atoms with Gasteiger partial charge in [-0.25, -0.2) is 4.68 Å². The van der Waals surface area contributed by atoms with Gasteiger partial charge in [-0.05, 0) is 35.4 Å².